The summed E-state index contributed by atoms with van der Waals surface area (Å²) in [4.78, 5) is 10.5. The number of hydrogen-bond acceptors (Lipinski definition) is 2. The van der Waals surface area contributed by atoms with E-state index in [0.717, 1.165) is 0 Å². The number of aryl methyl sites for hydroxylation is 1. The Labute approximate surface area is 97.1 Å². The molecule has 0 saturated carbocycles. The van der Waals surface area contributed by atoms with Gasteiger partial charge in [-0.2, -0.15) is 5.10 Å². The summed E-state index contributed by atoms with van der Waals surface area (Å²) in [5, 5.41) is 15.2. The van der Waals surface area contributed by atoms with Gasteiger partial charge >= 0.3 is 5.97 Å². The van der Waals surface area contributed by atoms with Gasteiger partial charge in [-0.15, -0.1) is 0 Å². The van der Waals surface area contributed by atoms with E-state index in [9.17, 15) is 9.18 Å². The fraction of sp³-hybridized carbons (Fsp3) is 0.167. The van der Waals surface area contributed by atoms with Crippen molar-refractivity contribution in [3.63, 3.8) is 0 Å². The Balaban J connectivity index is 2.31. The highest BCUT2D eigenvalue weighted by atomic mass is 19.1. The van der Waals surface area contributed by atoms with Crippen LogP contribution >= 0.6 is 0 Å². The highest BCUT2D eigenvalue weighted by Crippen LogP contribution is 2.24. The van der Waals surface area contributed by atoms with Crippen LogP contribution in [-0.4, -0.2) is 21.3 Å². The lowest BCUT2D eigenvalue weighted by molar-refractivity contribution is -0.136. The Morgan fingerprint density at radius 3 is 2.88 bits per heavy atom. The molecule has 17 heavy (non-hydrogen) atoms. The number of carboxylic acids is 1. The molecule has 0 amide bonds. The van der Waals surface area contributed by atoms with Crippen molar-refractivity contribution in [2.24, 2.45) is 0 Å². The van der Waals surface area contributed by atoms with E-state index >= 15 is 0 Å². The second kappa shape index (κ2) is 4.78. The maximum atomic E-state index is 13.6. The number of hydrogen-bond donors (Lipinski definition) is 2. The van der Waals surface area contributed by atoms with E-state index in [0.29, 0.717) is 23.2 Å². The van der Waals surface area contributed by atoms with Crippen molar-refractivity contribution in [1.29, 1.82) is 0 Å². The number of carboxylic acid groups (broad SMARTS) is 1. The fourth-order valence-corrected chi connectivity index (χ4v) is 1.64. The Kier molecular flexibility index (Phi) is 3.18. The third-order valence-electron chi connectivity index (χ3n) is 2.47. The number of benzene rings is 1. The zero-order valence-corrected chi connectivity index (χ0v) is 8.98. The van der Waals surface area contributed by atoms with Crippen LogP contribution in [0, 0.1) is 5.82 Å². The number of halogens is 1. The predicted octanol–water partition coefficient (Wildman–Crippen LogP) is 2.23. The molecule has 0 saturated heterocycles. The maximum absolute atomic E-state index is 13.6. The van der Waals surface area contributed by atoms with Gasteiger partial charge in [-0.05, 0) is 24.1 Å². The third kappa shape index (κ3) is 2.50. The molecule has 0 aliphatic rings. The van der Waals surface area contributed by atoms with E-state index < -0.39 is 5.97 Å². The number of carbonyl (C=O) groups is 1. The van der Waals surface area contributed by atoms with Crippen molar-refractivity contribution in [3.05, 3.63) is 41.8 Å². The van der Waals surface area contributed by atoms with Crippen molar-refractivity contribution < 1.29 is 14.3 Å². The third-order valence-corrected chi connectivity index (χ3v) is 2.47. The topological polar surface area (TPSA) is 66.0 Å². The number of aromatic nitrogens is 2. The second-order valence-corrected chi connectivity index (χ2v) is 3.64. The molecule has 0 bridgehead atoms. The minimum atomic E-state index is -0.884. The highest BCUT2D eigenvalue weighted by Gasteiger charge is 2.12. The van der Waals surface area contributed by atoms with E-state index in [1.165, 1.54) is 12.3 Å². The highest BCUT2D eigenvalue weighted by molar-refractivity contribution is 5.69. The first-order chi connectivity index (χ1) is 8.18. The largest absolute Gasteiger partial charge is 0.481 e. The van der Waals surface area contributed by atoms with Crippen molar-refractivity contribution in [2.75, 3.05) is 0 Å². The number of H-pyrrole nitrogens is 1. The fourth-order valence-electron chi connectivity index (χ4n) is 1.64. The van der Waals surface area contributed by atoms with E-state index in [1.54, 1.807) is 18.2 Å². The van der Waals surface area contributed by atoms with Gasteiger partial charge in [0.15, 0.2) is 0 Å². The summed E-state index contributed by atoms with van der Waals surface area (Å²) in [5.74, 6) is -1.24. The molecule has 1 aromatic heterocycles. The lowest BCUT2D eigenvalue weighted by atomic mass is 10.0. The molecular formula is C12H11FN2O2. The van der Waals surface area contributed by atoms with Crippen LogP contribution in [0.4, 0.5) is 4.39 Å². The molecule has 0 aliphatic carbocycles. The predicted molar refractivity (Wildman–Crippen MR) is 59.9 cm³/mol. The average Bonchev–Trinajstić information content (AvgIpc) is 2.75. The average molecular weight is 234 g/mol. The molecule has 2 rings (SSSR count). The Morgan fingerprint density at radius 2 is 2.18 bits per heavy atom. The molecule has 1 aromatic carbocycles. The normalized spacial score (nSPS) is 10.4. The van der Waals surface area contributed by atoms with Gasteiger partial charge < -0.3 is 5.11 Å². The first-order valence-corrected chi connectivity index (χ1v) is 5.17. The summed E-state index contributed by atoms with van der Waals surface area (Å²) in [7, 11) is 0. The minimum absolute atomic E-state index is 0.000978. The van der Waals surface area contributed by atoms with E-state index in [-0.39, 0.29) is 12.2 Å². The quantitative estimate of drug-likeness (QED) is 0.852. The first kappa shape index (κ1) is 11.3. The molecule has 88 valence electrons. The smallest absolute Gasteiger partial charge is 0.303 e. The van der Waals surface area contributed by atoms with Crippen molar-refractivity contribution in [1.82, 2.24) is 10.2 Å². The molecule has 5 heteroatoms. The zero-order valence-electron chi connectivity index (χ0n) is 8.98. The number of rotatable bonds is 4. The van der Waals surface area contributed by atoms with Crippen LogP contribution < -0.4 is 0 Å². The summed E-state index contributed by atoms with van der Waals surface area (Å²) in [5.41, 5.74) is 1.66. The van der Waals surface area contributed by atoms with Crippen molar-refractivity contribution in [3.8, 4) is 11.3 Å². The molecule has 1 heterocycles. The minimum Gasteiger partial charge on any atom is -0.481 e. The molecule has 0 spiro atoms. The van der Waals surface area contributed by atoms with Crippen LogP contribution in [-0.2, 0) is 11.2 Å². The van der Waals surface area contributed by atoms with E-state index in [2.05, 4.69) is 10.2 Å². The molecule has 2 N–H and O–H groups in total. The van der Waals surface area contributed by atoms with E-state index in [1.807, 2.05) is 0 Å². The van der Waals surface area contributed by atoms with Gasteiger partial charge in [-0.3, -0.25) is 9.89 Å². The molecule has 0 fully saturated rings. The van der Waals surface area contributed by atoms with Crippen LogP contribution in [0.3, 0.4) is 0 Å². The molecular weight excluding hydrogens is 223 g/mol. The molecule has 2 aromatic rings. The van der Waals surface area contributed by atoms with Crippen LogP contribution in [0.25, 0.3) is 11.3 Å². The van der Waals surface area contributed by atoms with Crippen molar-refractivity contribution >= 4 is 5.97 Å². The van der Waals surface area contributed by atoms with Gasteiger partial charge in [0.25, 0.3) is 0 Å². The van der Waals surface area contributed by atoms with Gasteiger partial charge in [0, 0.05) is 12.0 Å². The van der Waals surface area contributed by atoms with Gasteiger partial charge in [-0.1, -0.05) is 12.1 Å². The van der Waals surface area contributed by atoms with E-state index in [4.69, 9.17) is 5.11 Å². The summed E-state index contributed by atoms with van der Waals surface area (Å²) in [6.45, 7) is 0. The van der Waals surface area contributed by atoms with Crippen LogP contribution in [0.1, 0.15) is 12.0 Å². The van der Waals surface area contributed by atoms with Gasteiger partial charge in [0.05, 0.1) is 11.9 Å². The maximum Gasteiger partial charge on any atom is 0.303 e. The molecule has 0 atom stereocenters. The molecule has 0 unspecified atom stereocenters. The summed E-state index contributed by atoms with van der Waals surface area (Å²) in [6.07, 6.45) is 1.86. The zero-order chi connectivity index (χ0) is 12.3. The van der Waals surface area contributed by atoms with Gasteiger partial charge in [0.1, 0.15) is 5.82 Å². The number of aromatic amines is 1. The lowest BCUT2D eigenvalue weighted by Gasteiger charge is -2.03. The Bertz CT molecular complexity index is 537. The monoisotopic (exact) mass is 234 g/mol. The molecule has 0 aliphatic heterocycles. The summed E-state index contributed by atoms with van der Waals surface area (Å²) < 4.78 is 13.6. The SMILES string of the molecule is O=C(O)CCc1cn[nH]c1-c1ccccc1F. The standard InChI is InChI=1S/C12H11FN2O2/c13-10-4-2-1-3-9(10)12-8(7-14-15-12)5-6-11(16)17/h1-4,7H,5-6H2,(H,14,15)(H,16,17). The Morgan fingerprint density at radius 1 is 1.41 bits per heavy atom. The molecule has 4 nitrogen and oxygen atoms in total. The second-order valence-electron chi connectivity index (χ2n) is 3.64. The van der Waals surface area contributed by atoms with Crippen molar-refractivity contribution in [2.45, 2.75) is 12.8 Å². The van der Waals surface area contributed by atoms with Gasteiger partial charge in [0.2, 0.25) is 0 Å². The lowest BCUT2D eigenvalue weighted by Crippen LogP contribution is -1.98. The number of nitrogens with one attached hydrogen (secondary N) is 1. The summed E-state index contributed by atoms with van der Waals surface area (Å²) in [6, 6.07) is 6.32. The van der Waals surface area contributed by atoms with Crippen LogP contribution in [0.2, 0.25) is 0 Å². The number of aliphatic carboxylic acids is 1. The first-order valence-electron chi connectivity index (χ1n) is 5.17. The van der Waals surface area contributed by atoms with Crippen LogP contribution in [0.5, 0.6) is 0 Å². The van der Waals surface area contributed by atoms with Crippen LogP contribution in [0.15, 0.2) is 30.5 Å². The summed E-state index contributed by atoms with van der Waals surface area (Å²) >= 11 is 0. The van der Waals surface area contributed by atoms with Gasteiger partial charge in [-0.25, -0.2) is 4.39 Å². The Hall–Kier alpha value is -2.17. The molecule has 0 radical (unpaired) electrons. The number of nitrogens with zero attached hydrogens (tertiary/aromatic N) is 1.